The van der Waals surface area contributed by atoms with Crippen LogP contribution >= 0.6 is 0 Å². The van der Waals surface area contributed by atoms with Gasteiger partial charge in [0.2, 0.25) is 0 Å². The highest BCUT2D eigenvalue weighted by atomic mass is 16.4. The summed E-state index contributed by atoms with van der Waals surface area (Å²) in [5, 5.41) is 3.34. The van der Waals surface area contributed by atoms with Crippen LogP contribution in [0, 0.1) is 0 Å². The van der Waals surface area contributed by atoms with Crippen molar-refractivity contribution in [1.82, 2.24) is 15.0 Å². The van der Waals surface area contributed by atoms with E-state index >= 15 is 0 Å². The molecular weight excluding hydrogens is 278 g/mol. The van der Waals surface area contributed by atoms with Gasteiger partial charge in [0, 0.05) is 24.7 Å². The Morgan fingerprint density at radius 1 is 1.09 bits per heavy atom. The topological polar surface area (TPSA) is 89.9 Å². The van der Waals surface area contributed by atoms with E-state index in [0.29, 0.717) is 12.1 Å². The van der Waals surface area contributed by atoms with Gasteiger partial charge in [-0.2, -0.15) is 4.98 Å². The van der Waals surface area contributed by atoms with Crippen LogP contribution in [0.25, 0.3) is 11.1 Å². The number of nitrogens with two attached hydrogens (primary N) is 1. The summed E-state index contributed by atoms with van der Waals surface area (Å²) >= 11 is 0. The summed E-state index contributed by atoms with van der Waals surface area (Å²) in [6, 6.07) is 8.01. The first-order chi connectivity index (χ1) is 10.7. The molecule has 3 rings (SSSR count). The summed E-state index contributed by atoms with van der Waals surface area (Å²) in [6.45, 7) is 4.81. The minimum Gasteiger partial charge on any atom is -0.424 e. The van der Waals surface area contributed by atoms with Crippen LogP contribution in [0.15, 0.2) is 28.7 Å². The maximum absolute atomic E-state index is 5.56. The first-order valence-corrected chi connectivity index (χ1v) is 7.43. The average molecular weight is 297 g/mol. The predicted octanol–water partition coefficient (Wildman–Crippen LogP) is 2.94. The van der Waals surface area contributed by atoms with Gasteiger partial charge in [-0.1, -0.05) is 19.9 Å². The molecule has 0 amide bonds. The zero-order chi connectivity index (χ0) is 15.5. The van der Waals surface area contributed by atoms with Gasteiger partial charge in [-0.05, 0) is 24.1 Å². The summed E-state index contributed by atoms with van der Waals surface area (Å²) in [5.41, 5.74) is 9.17. The van der Waals surface area contributed by atoms with Crippen molar-refractivity contribution >= 4 is 22.9 Å². The number of fused-ring (bicyclic) bond motifs is 1. The van der Waals surface area contributed by atoms with E-state index in [9.17, 15) is 0 Å². The van der Waals surface area contributed by atoms with Gasteiger partial charge in [-0.25, -0.2) is 9.97 Å². The fourth-order valence-electron chi connectivity index (χ4n) is 2.28. The third-order valence-electron chi connectivity index (χ3n) is 3.45. The fraction of sp³-hybridized carbons (Fsp3) is 0.312. The number of nitrogens with one attached hydrogen (secondary N) is 1. The van der Waals surface area contributed by atoms with E-state index in [1.165, 1.54) is 0 Å². The van der Waals surface area contributed by atoms with Crippen LogP contribution in [-0.2, 0) is 19.4 Å². The van der Waals surface area contributed by atoms with Gasteiger partial charge in [-0.3, -0.25) is 0 Å². The summed E-state index contributed by atoms with van der Waals surface area (Å²) < 4.78 is 5.27. The maximum atomic E-state index is 5.56. The summed E-state index contributed by atoms with van der Waals surface area (Å²) in [5.74, 6) is 1.71. The highest BCUT2D eigenvalue weighted by molar-refractivity contribution is 5.75. The Balaban J connectivity index is 1.78. The molecule has 0 bridgehead atoms. The van der Waals surface area contributed by atoms with E-state index in [2.05, 4.69) is 34.1 Å². The molecule has 0 unspecified atom stereocenters. The monoisotopic (exact) mass is 297 g/mol. The molecule has 0 saturated carbocycles. The first kappa shape index (κ1) is 14.3. The van der Waals surface area contributed by atoms with Crippen LogP contribution in [0.1, 0.15) is 30.9 Å². The third-order valence-corrected chi connectivity index (χ3v) is 3.45. The molecule has 0 aliphatic heterocycles. The Morgan fingerprint density at radius 3 is 2.73 bits per heavy atom. The van der Waals surface area contributed by atoms with Gasteiger partial charge >= 0.3 is 0 Å². The van der Waals surface area contributed by atoms with E-state index in [1.807, 2.05) is 24.3 Å². The SMILES string of the molecule is CCc1cc(NCc2ccc3oc(N)nc3c2)nc(CC)n1. The number of nitrogens with zero attached hydrogens (tertiary/aromatic N) is 3. The number of rotatable bonds is 5. The number of anilines is 2. The lowest BCUT2D eigenvalue weighted by Crippen LogP contribution is -2.06. The van der Waals surface area contributed by atoms with Gasteiger partial charge in [0.15, 0.2) is 5.58 Å². The van der Waals surface area contributed by atoms with Crippen molar-refractivity contribution in [2.45, 2.75) is 33.2 Å². The molecule has 2 aromatic heterocycles. The van der Waals surface area contributed by atoms with Gasteiger partial charge < -0.3 is 15.5 Å². The highest BCUT2D eigenvalue weighted by Crippen LogP contribution is 2.19. The number of hydrogen-bond donors (Lipinski definition) is 2. The van der Waals surface area contributed by atoms with Crippen molar-refractivity contribution in [3.8, 4) is 0 Å². The minimum absolute atomic E-state index is 0.191. The van der Waals surface area contributed by atoms with Crippen molar-refractivity contribution in [2.24, 2.45) is 0 Å². The summed E-state index contributed by atoms with van der Waals surface area (Å²) in [6.07, 6.45) is 1.72. The second-order valence-corrected chi connectivity index (χ2v) is 5.08. The molecule has 2 heterocycles. The van der Waals surface area contributed by atoms with Crippen LogP contribution in [0.2, 0.25) is 0 Å². The molecule has 6 heteroatoms. The molecule has 22 heavy (non-hydrogen) atoms. The van der Waals surface area contributed by atoms with Crippen molar-refractivity contribution < 1.29 is 4.42 Å². The van der Waals surface area contributed by atoms with Crippen LogP contribution < -0.4 is 11.1 Å². The van der Waals surface area contributed by atoms with Gasteiger partial charge in [0.25, 0.3) is 6.01 Å². The molecule has 3 N–H and O–H groups in total. The van der Waals surface area contributed by atoms with Crippen LogP contribution in [0.3, 0.4) is 0 Å². The van der Waals surface area contributed by atoms with Gasteiger partial charge in [0.1, 0.15) is 17.2 Å². The van der Waals surface area contributed by atoms with Crippen LogP contribution in [0.5, 0.6) is 0 Å². The number of aryl methyl sites for hydroxylation is 2. The number of nitrogen functional groups attached to an aromatic ring is 1. The molecule has 0 aliphatic carbocycles. The first-order valence-electron chi connectivity index (χ1n) is 7.43. The van der Waals surface area contributed by atoms with E-state index in [-0.39, 0.29) is 6.01 Å². The summed E-state index contributed by atoms with van der Waals surface area (Å²) in [7, 11) is 0. The number of benzene rings is 1. The number of aromatic nitrogens is 3. The predicted molar refractivity (Wildman–Crippen MR) is 86.5 cm³/mol. The third kappa shape index (κ3) is 3.00. The number of hydrogen-bond acceptors (Lipinski definition) is 6. The fourth-order valence-corrected chi connectivity index (χ4v) is 2.28. The largest absolute Gasteiger partial charge is 0.424 e. The molecule has 114 valence electrons. The standard InChI is InChI=1S/C16H19N5O/c1-3-11-8-15(21-14(4-2)19-11)18-9-10-5-6-13-12(7-10)20-16(17)22-13/h5-8H,3-4,9H2,1-2H3,(H2,17,20)(H,18,19,21). The van der Waals surface area contributed by atoms with Crippen molar-refractivity contribution in [3.63, 3.8) is 0 Å². The molecule has 0 radical (unpaired) electrons. The molecule has 3 aromatic rings. The molecule has 0 saturated heterocycles. The Hall–Kier alpha value is -2.63. The second-order valence-electron chi connectivity index (χ2n) is 5.08. The Bertz CT molecular complexity index is 774. The van der Waals surface area contributed by atoms with E-state index in [0.717, 1.165) is 41.3 Å². The van der Waals surface area contributed by atoms with Crippen molar-refractivity contribution in [1.29, 1.82) is 0 Å². The molecule has 0 fully saturated rings. The van der Waals surface area contributed by atoms with Gasteiger partial charge in [0.05, 0.1) is 0 Å². The maximum Gasteiger partial charge on any atom is 0.292 e. The van der Waals surface area contributed by atoms with Crippen molar-refractivity contribution in [3.05, 3.63) is 41.3 Å². The quantitative estimate of drug-likeness (QED) is 0.752. The molecule has 0 spiro atoms. The molecule has 0 aliphatic rings. The lowest BCUT2D eigenvalue weighted by molar-refractivity contribution is 0.626. The molecule has 1 aromatic carbocycles. The Labute approximate surface area is 128 Å². The van der Waals surface area contributed by atoms with Crippen LogP contribution in [0.4, 0.5) is 11.8 Å². The highest BCUT2D eigenvalue weighted by Gasteiger charge is 2.05. The molecular formula is C16H19N5O. The zero-order valence-corrected chi connectivity index (χ0v) is 12.8. The minimum atomic E-state index is 0.191. The Morgan fingerprint density at radius 2 is 1.95 bits per heavy atom. The van der Waals surface area contributed by atoms with Crippen molar-refractivity contribution in [2.75, 3.05) is 11.1 Å². The normalized spacial score (nSPS) is 11.0. The van der Waals surface area contributed by atoms with E-state index in [4.69, 9.17) is 10.2 Å². The Kier molecular flexibility index (Phi) is 3.91. The molecule has 6 nitrogen and oxygen atoms in total. The average Bonchev–Trinajstić information content (AvgIpc) is 2.91. The van der Waals surface area contributed by atoms with E-state index in [1.54, 1.807) is 0 Å². The van der Waals surface area contributed by atoms with Gasteiger partial charge in [-0.15, -0.1) is 0 Å². The van der Waals surface area contributed by atoms with E-state index < -0.39 is 0 Å². The van der Waals surface area contributed by atoms with Crippen LogP contribution in [-0.4, -0.2) is 15.0 Å². The summed E-state index contributed by atoms with van der Waals surface area (Å²) in [4.78, 5) is 13.1. The smallest absolute Gasteiger partial charge is 0.292 e. The lowest BCUT2D eigenvalue weighted by Gasteiger charge is -2.08. The molecule has 0 atom stereocenters. The zero-order valence-electron chi connectivity index (χ0n) is 12.8. The lowest BCUT2D eigenvalue weighted by atomic mass is 10.2. The number of oxazole rings is 1. The second kappa shape index (κ2) is 6.01.